The molecule has 6 atom stereocenters. The second kappa shape index (κ2) is 21.4. The first-order chi connectivity index (χ1) is 30.1. The number of methoxy groups -OCH3 is 3. The minimum Gasteiger partial charge on any atom is -0.497 e. The average Bonchev–Trinajstić information content (AvgIpc) is 3.28. The normalized spacial score (nSPS) is 22.9. The third-order valence-corrected chi connectivity index (χ3v) is 11.9. The van der Waals surface area contributed by atoms with Gasteiger partial charge in [-0.3, -0.25) is 10.2 Å². The Balaban J connectivity index is 1.53. The molecule has 3 aromatic rings. The number of oxime groups is 1. The summed E-state index contributed by atoms with van der Waals surface area (Å²) in [6.07, 6.45) is 6.72. The maximum absolute atomic E-state index is 14.1. The van der Waals surface area contributed by atoms with Crippen LogP contribution in [0.3, 0.4) is 0 Å². The number of nitrogens with zero attached hydrogens (tertiary/aromatic N) is 2. The number of unbranched alkanes of at least 4 members (excludes halogenated alkanes) is 2. The smallest absolute Gasteiger partial charge is 0.417 e. The van der Waals surface area contributed by atoms with Crippen LogP contribution in [0.4, 0.5) is 19.7 Å². The fraction of sp³-hybridized carbons (Fsp3) is 0.468. The minimum absolute atomic E-state index is 0.0192. The number of amides is 2. The van der Waals surface area contributed by atoms with Crippen LogP contribution in [0.15, 0.2) is 90.1 Å². The zero-order chi connectivity index (χ0) is 44.2. The predicted molar refractivity (Wildman–Crippen MR) is 230 cm³/mol. The molecule has 1 fully saturated rings. The van der Waals surface area contributed by atoms with Crippen molar-refractivity contribution in [1.29, 1.82) is 0 Å². The van der Waals surface area contributed by atoms with E-state index >= 15 is 0 Å². The molecular weight excluding hydrogens is 802 g/mol. The number of halogens is 1. The van der Waals surface area contributed by atoms with Crippen LogP contribution >= 0.6 is 0 Å². The van der Waals surface area contributed by atoms with Gasteiger partial charge in [-0.1, -0.05) is 42.3 Å². The van der Waals surface area contributed by atoms with E-state index in [1.165, 1.54) is 33.5 Å². The van der Waals surface area contributed by atoms with Gasteiger partial charge in [0.1, 0.15) is 41.5 Å². The van der Waals surface area contributed by atoms with E-state index in [4.69, 9.17) is 38.4 Å². The third kappa shape index (κ3) is 10.0. The maximum atomic E-state index is 14.1. The van der Waals surface area contributed by atoms with Crippen molar-refractivity contribution >= 4 is 23.6 Å². The zero-order valence-corrected chi connectivity index (χ0v) is 35.8. The summed E-state index contributed by atoms with van der Waals surface area (Å²) in [5.74, 6) is -1.42. The molecule has 0 spiro atoms. The molecule has 0 saturated heterocycles. The first-order valence-electron chi connectivity index (χ1n) is 21.1. The highest BCUT2D eigenvalue weighted by molar-refractivity contribution is 6.03. The summed E-state index contributed by atoms with van der Waals surface area (Å²) in [4.78, 5) is 34.9. The van der Waals surface area contributed by atoms with Crippen molar-refractivity contribution in [3.8, 4) is 23.0 Å². The van der Waals surface area contributed by atoms with Crippen LogP contribution in [0, 0.1) is 23.6 Å². The van der Waals surface area contributed by atoms with Crippen LogP contribution in [0.2, 0.25) is 0 Å². The molecule has 334 valence electrons. The number of rotatable bonds is 20. The first kappa shape index (κ1) is 45.9. The van der Waals surface area contributed by atoms with Gasteiger partial charge in [0.15, 0.2) is 0 Å². The Kier molecular flexibility index (Phi) is 15.9. The molecule has 2 aliphatic carbocycles. The van der Waals surface area contributed by atoms with E-state index in [0.717, 1.165) is 24.0 Å². The molecule has 0 unspecified atom stereocenters. The van der Waals surface area contributed by atoms with E-state index < -0.39 is 35.8 Å². The maximum Gasteiger partial charge on any atom is 0.417 e. The van der Waals surface area contributed by atoms with E-state index in [1.54, 1.807) is 53.4 Å². The van der Waals surface area contributed by atoms with Gasteiger partial charge < -0.3 is 43.5 Å². The number of aliphatic hydroxyl groups excluding tert-OH is 2. The molecule has 0 radical (unpaired) electrons. The number of hydrogen-bond donors (Lipinski definition) is 3. The number of fused-ring (bicyclic) bond motifs is 2. The zero-order valence-electron chi connectivity index (χ0n) is 35.8. The number of hydrogen-bond acceptors (Lipinski definition) is 12. The Morgan fingerprint density at radius 2 is 1.73 bits per heavy atom. The Morgan fingerprint density at radius 1 is 0.984 bits per heavy atom. The fourth-order valence-electron chi connectivity index (χ4n) is 9.20. The Labute approximate surface area is 362 Å². The van der Waals surface area contributed by atoms with Crippen molar-refractivity contribution in [2.45, 2.75) is 76.2 Å². The van der Waals surface area contributed by atoms with Crippen molar-refractivity contribution in [3.63, 3.8) is 0 Å². The molecular formula is C47H58FN3O11. The first-order valence-corrected chi connectivity index (χ1v) is 21.1. The molecule has 15 heteroatoms. The van der Waals surface area contributed by atoms with Gasteiger partial charge in [-0.2, -0.15) is 0 Å². The summed E-state index contributed by atoms with van der Waals surface area (Å²) in [6.45, 7) is 6.25. The standard InChI is InChI=1S/C47H58FN3O11/c1-6-24-59-47-42(51(46(55)58-5)29-30-14-16-32(48)17-15-30)28-39(50-60-7-2)36-25-31(12-8-10-22-52)35(13-9-11-23-53)43(44(36)47)37-26-34(19-21-40(37)62-47)61-45(54)49-38-20-18-33(56-3)27-41(38)57-4/h6,14-21,25-27,31,35,42-44,52-53H,1,7-13,22-24,28-29H2,2-5H3,(H,49,54)/t31-,35+,42-,43+,44+,47+/m0/s1. The van der Waals surface area contributed by atoms with Crippen LogP contribution in [-0.4, -0.2) is 92.6 Å². The second-order valence-electron chi connectivity index (χ2n) is 15.5. The van der Waals surface area contributed by atoms with Crippen LogP contribution in [0.5, 0.6) is 23.0 Å². The molecule has 0 bridgehead atoms. The molecule has 1 aliphatic heterocycles. The Hall–Kier alpha value is -5.64. The summed E-state index contributed by atoms with van der Waals surface area (Å²) >= 11 is 0. The van der Waals surface area contributed by atoms with Crippen LogP contribution < -0.4 is 24.3 Å². The highest BCUT2D eigenvalue weighted by Crippen LogP contribution is 2.62. The summed E-state index contributed by atoms with van der Waals surface area (Å²) < 4.78 is 50.4. The van der Waals surface area contributed by atoms with Crippen LogP contribution in [0.1, 0.15) is 68.9 Å². The Morgan fingerprint density at radius 3 is 2.40 bits per heavy atom. The van der Waals surface area contributed by atoms with Gasteiger partial charge in [0.05, 0.1) is 45.3 Å². The lowest BCUT2D eigenvalue weighted by molar-refractivity contribution is -0.256. The molecule has 0 aromatic heterocycles. The molecule has 2 amide bonds. The molecule has 3 aromatic carbocycles. The summed E-state index contributed by atoms with van der Waals surface area (Å²) in [7, 11) is 4.33. The van der Waals surface area contributed by atoms with Crippen molar-refractivity contribution in [3.05, 3.63) is 102 Å². The third-order valence-electron chi connectivity index (χ3n) is 11.9. The van der Waals surface area contributed by atoms with Crippen LogP contribution in [-0.2, 0) is 20.9 Å². The quantitative estimate of drug-likeness (QED) is 0.0568. The van der Waals surface area contributed by atoms with Crippen molar-refractivity contribution in [2.75, 3.05) is 53.1 Å². The van der Waals surface area contributed by atoms with Crippen LogP contribution in [0.25, 0.3) is 0 Å². The lowest BCUT2D eigenvalue weighted by atomic mass is 9.55. The number of ether oxygens (including phenoxy) is 6. The minimum atomic E-state index is -1.56. The summed E-state index contributed by atoms with van der Waals surface area (Å²) in [6, 6.07) is 15.2. The van der Waals surface area contributed by atoms with Gasteiger partial charge in [-0.25, -0.2) is 14.0 Å². The highest BCUT2D eigenvalue weighted by Gasteiger charge is 2.65. The number of aliphatic hydroxyl groups is 2. The van der Waals surface area contributed by atoms with Crippen molar-refractivity contribution in [1.82, 2.24) is 4.90 Å². The molecule has 3 aliphatic rings. The van der Waals surface area contributed by atoms with E-state index in [1.807, 2.05) is 13.0 Å². The van der Waals surface area contributed by atoms with E-state index in [2.05, 4.69) is 18.0 Å². The van der Waals surface area contributed by atoms with Gasteiger partial charge in [-0.15, -0.1) is 6.58 Å². The topological polar surface area (TPSA) is 167 Å². The number of allylic oxidation sites excluding steroid dienone is 1. The van der Waals surface area contributed by atoms with Gasteiger partial charge in [0.25, 0.3) is 0 Å². The van der Waals surface area contributed by atoms with E-state index in [9.17, 15) is 24.2 Å². The number of carbonyl (C=O) groups excluding carboxylic acids is 2. The highest BCUT2D eigenvalue weighted by atomic mass is 19.1. The number of nitrogens with one attached hydrogen (secondary N) is 1. The summed E-state index contributed by atoms with van der Waals surface area (Å²) in [5, 5.41) is 27.2. The number of carbonyl (C=O) groups is 2. The fourth-order valence-corrected chi connectivity index (χ4v) is 9.20. The van der Waals surface area contributed by atoms with E-state index in [-0.39, 0.29) is 62.9 Å². The van der Waals surface area contributed by atoms with Crippen molar-refractivity contribution < 1.29 is 57.5 Å². The summed E-state index contributed by atoms with van der Waals surface area (Å²) in [5.41, 5.74) is 3.22. The number of benzene rings is 3. The van der Waals surface area contributed by atoms with Gasteiger partial charge in [-0.05, 0) is 98.0 Å². The predicted octanol–water partition coefficient (Wildman–Crippen LogP) is 8.38. The molecule has 3 N–H and O–H groups in total. The van der Waals surface area contributed by atoms with E-state index in [0.29, 0.717) is 59.9 Å². The molecule has 1 heterocycles. The monoisotopic (exact) mass is 859 g/mol. The largest absolute Gasteiger partial charge is 0.497 e. The van der Waals surface area contributed by atoms with Gasteiger partial charge in [0, 0.05) is 43.7 Å². The second-order valence-corrected chi connectivity index (χ2v) is 15.5. The number of anilines is 1. The molecule has 6 rings (SSSR count). The lowest BCUT2D eigenvalue weighted by Gasteiger charge is -2.59. The van der Waals surface area contributed by atoms with Crippen molar-refractivity contribution in [2.24, 2.45) is 22.9 Å². The molecule has 1 saturated carbocycles. The Bertz CT molecular complexity index is 2080. The SMILES string of the molecule is C=CCO[C@@]12Oc3ccc(OC(=O)Nc4ccc(OC)cc4OC)cc3[C@H]3[C@H](CCCCO)[C@@H](CCCCO)C=C(C(=NOCC)C[C@@H]1N(Cc1ccc(F)cc1)C(=O)OC)[C@H]32. The molecule has 14 nitrogen and oxygen atoms in total. The molecule has 62 heavy (non-hydrogen) atoms. The lowest BCUT2D eigenvalue weighted by Crippen LogP contribution is -2.70. The van der Waals surface area contributed by atoms with Gasteiger partial charge in [0.2, 0.25) is 5.79 Å². The average molecular weight is 860 g/mol. The van der Waals surface area contributed by atoms with Gasteiger partial charge >= 0.3 is 12.2 Å².